The second kappa shape index (κ2) is 11.9. The van der Waals surface area contributed by atoms with Crippen LogP contribution < -0.4 is 26.2 Å². The Kier molecular flexibility index (Phi) is 8.49. The molecule has 0 saturated carbocycles. The molecule has 3 heterocycles. The van der Waals surface area contributed by atoms with Crippen molar-refractivity contribution in [3.8, 4) is 17.7 Å². The minimum absolute atomic E-state index is 0.0346. The number of carboxylic acids is 1. The molecule has 0 bridgehead atoms. The van der Waals surface area contributed by atoms with Crippen molar-refractivity contribution in [3.63, 3.8) is 0 Å². The van der Waals surface area contributed by atoms with Crippen molar-refractivity contribution in [3.05, 3.63) is 82.3 Å². The number of aliphatic carboxylic acids is 1. The van der Waals surface area contributed by atoms with E-state index in [1.165, 1.54) is 26.6 Å². The molecule has 14 heteroatoms. The van der Waals surface area contributed by atoms with Gasteiger partial charge in [0.2, 0.25) is 11.8 Å². The van der Waals surface area contributed by atoms with Gasteiger partial charge in [0.05, 0.1) is 14.2 Å². The van der Waals surface area contributed by atoms with Crippen LogP contribution in [0.3, 0.4) is 0 Å². The summed E-state index contributed by atoms with van der Waals surface area (Å²) < 4.78 is 11.7. The minimum atomic E-state index is -0.833. The molecule has 192 valence electrons. The first-order valence-corrected chi connectivity index (χ1v) is 10.7. The molecule has 14 nitrogen and oxygen atoms in total. The molecule has 0 amide bonds. The predicted molar refractivity (Wildman–Crippen MR) is 133 cm³/mol. The summed E-state index contributed by atoms with van der Waals surface area (Å²) in [5, 5.41) is 22.7. The van der Waals surface area contributed by atoms with Crippen LogP contribution >= 0.6 is 0 Å². The molecule has 0 aliphatic rings. The van der Waals surface area contributed by atoms with Crippen molar-refractivity contribution in [1.82, 2.24) is 29.7 Å². The number of nitrogens with one attached hydrogen (secondary N) is 3. The number of anilines is 1. The number of aromatic nitrogens is 6. The number of hydrogen-bond acceptors (Lipinski definition) is 10. The second-order valence-electron chi connectivity index (χ2n) is 7.35. The summed E-state index contributed by atoms with van der Waals surface area (Å²) in [6, 6.07) is 11.4. The number of nitrogens with zero attached hydrogens (tertiary/aromatic N) is 5. The number of benzene rings is 1. The second-order valence-corrected chi connectivity index (χ2v) is 7.35. The number of ether oxygens (including phenoxy) is 2. The Balaban J connectivity index is 0.000000886. The van der Waals surface area contributed by atoms with E-state index < -0.39 is 17.7 Å². The standard InChI is InChI=1S/C21H21N9O3.C2H4O2/c1-32-15-10-13(11-16(27-15)33-2)17(26-14-6-4-12(5-7-14)18(22)23)19-28-21(31)30(29-19)20-24-8-3-9-25-20;1-2(3)4/h3-11,17,26H,1-2H3,(H3,22,23)(H,28,29,31);1H3,(H,3,4). The van der Waals surface area contributed by atoms with Gasteiger partial charge in [0, 0.05) is 42.7 Å². The van der Waals surface area contributed by atoms with Crippen LogP contribution in [0.5, 0.6) is 11.8 Å². The van der Waals surface area contributed by atoms with Crippen molar-refractivity contribution >= 4 is 17.5 Å². The third-order valence-electron chi connectivity index (χ3n) is 4.71. The van der Waals surface area contributed by atoms with Gasteiger partial charge in [-0.05, 0) is 35.9 Å². The third kappa shape index (κ3) is 6.88. The monoisotopic (exact) mass is 507 g/mol. The van der Waals surface area contributed by atoms with E-state index >= 15 is 0 Å². The first-order valence-electron chi connectivity index (χ1n) is 10.7. The first-order chi connectivity index (χ1) is 17.7. The van der Waals surface area contributed by atoms with Gasteiger partial charge in [0.25, 0.3) is 11.9 Å². The molecule has 37 heavy (non-hydrogen) atoms. The number of carbonyl (C=O) groups is 1. The maximum absolute atomic E-state index is 12.6. The van der Waals surface area contributed by atoms with Crippen molar-refractivity contribution in [1.29, 1.82) is 5.41 Å². The fourth-order valence-corrected chi connectivity index (χ4v) is 3.10. The summed E-state index contributed by atoms with van der Waals surface area (Å²) in [5.41, 5.74) is 7.01. The van der Waals surface area contributed by atoms with Crippen molar-refractivity contribution in [2.45, 2.75) is 13.0 Å². The van der Waals surface area contributed by atoms with Crippen LogP contribution in [0, 0.1) is 5.41 Å². The zero-order chi connectivity index (χ0) is 26.9. The Morgan fingerprint density at radius 1 is 1.14 bits per heavy atom. The average molecular weight is 508 g/mol. The maximum Gasteiger partial charge on any atom is 0.350 e. The third-order valence-corrected chi connectivity index (χ3v) is 4.71. The number of hydrogen-bond donors (Lipinski definition) is 5. The van der Waals surface area contributed by atoms with E-state index in [4.69, 9.17) is 30.5 Å². The minimum Gasteiger partial charge on any atom is -0.481 e. The van der Waals surface area contributed by atoms with Gasteiger partial charge in [-0.1, -0.05) is 0 Å². The number of nitrogens with two attached hydrogens (primary N) is 1. The van der Waals surface area contributed by atoms with Gasteiger partial charge in [-0.25, -0.2) is 14.8 Å². The van der Waals surface area contributed by atoms with Crippen molar-refractivity contribution in [2.24, 2.45) is 5.73 Å². The predicted octanol–water partition coefficient (Wildman–Crippen LogP) is 1.34. The lowest BCUT2D eigenvalue weighted by Crippen LogP contribution is -2.18. The summed E-state index contributed by atoms with van der Waals surface area (Å²) in [6.45, 7) is 1.08. The van der Waals surface area contributed by atoms with E-state index in [-0.39, 0.29) is 11.8 Å². The highest BCUT2D eigenvalue weighted by molar-refractivity contribution is 5.95. The van der Waals surface area contributed by atoms with E-state index in [1.54, 1.807) is 42.5 Å². The maximum atomic E-state index is 12.6. The number of methoxy groups -OCH3 is 2. The zero-order valence-corrected chi connectivity index (χ0v) is 20.2. The Morgan fingerprint density at radius 2 is 1.70 bits per heavy atom. The van der Waals surface area contributed by atoms with Crippen LogP contribution in [0.4, 0.5) is 5.69 Å². The van der Waals surface area contributed by atoms with Gasteiger partial charge in [0.1, 0.15) is 11.9 Å². The Bertz CT molecular complexity index is 1390. The van der Waals surface area contributed by atoms with Crippen LogP contribution in [0.2, 0.25) is 0 Å². The quantitative estimate of drug-likeness (QED) is 0.170. The molecule has 0 aliphatic heterocycles. The van der Waals surface area contributed by atoms with E-state index in [9.17, 15) is 4.79 Å². The van der Waals surface area contributed by atoms with Crippen LogP contribution in [0.1, 0.15) is 29.9 Å². The Hall–Kier alpha value is -5.27. The van der Waals surface area contributed by atoms with E-state index in [2.05, 4.69) is 30.4 Å². The highest BCUT2D eigenvalue weighted by atomic mass is 16.5. The number of H-pyrrole nitrogens is 1. The fourth-order valence-electron chi connectivity index (χ4n) is 3.10. The molecule has 6 N–H and O–H groups in total. The molecule has 0 radical (unpaired) electrons. The molecule has 0 aliphatic carbocycles. The van der Waals surface area contributed by atoms with Gasteiger partial charge in [-0.15, -0.1) is 9.78 Å². The number of aromatic amines is 1. The zero-order valence-electron chi connectivity index (χ0n) is 20.2. The van der Waals surface area contributed by atoms with Crippen LogP contribution in [-0.4, -0.2) is 60.8 Å². The molecule has 4 rings (SSSR count). The normalized spacial score (nSPS) is 11.0. The molecular weight excluding hydrogens is 482 g/mol. The van der Waals surface area contributed by atoms with E-state index in [1.807, 2.05) is 0 Å². The molecule has 0 spiro atoms. The summed E-state index contributed by atoms with van der Waals surface area (Å²) in [5.74, 6) is 0.234. The van der Waals surface area contributed by atoms with E-state index in [0.29, 0.717) is 34.4 Å². The highest BCUT2D eigenvalue weighted by Crippen LogP contribution is 2.29. The summed E-state index contributed by atoms with van der Waals surface area (Å²) in [4.78, 5) is 36.8. The number of pyridine rings is 1. The molecule has 4 aromatic rings. The molecule has 1 unspecified atom stereocenters. The van der Waals surface area contributed by atoms with Gasteiger partial charge in [-0.3, -0.25) is 15.2 Å². The lowest BCUT2D eigenvalue weighted by Gasteiger charge is -2.19. The summed E-state index contributed by atoms with van der Waals surface area (Å²) in [7, 11) is 3.00. The van der Waals surface area contributed by atoms with Crippen LogP contribution in [0.15, 0.2) is 59.7 Å². The highest BCUT2D eigenvalue weighted by Gasteiger charge is 2.23. The molecule has 1 atom stereocenters. The Morgan fingerprint density at radius 3 is 2.22 bits per heavy atom. The number of rotatable bonds is 8. The molecule has 0 saturated heterocycles. The Labute approximate surface area is 210 Å². The number of amidine groups is 1. The van der Waals surface area contributed by atoms with Gasteiger partial charge < -0.3 is 25.6 Å². The van der Waals surface area contributed by atoms with Crippen LogP contribution in [0.25, 0.3) is 5.95 Å². The SMILES string of the molecule is CC(=O)O.COc1cc(C(Nc2ccc(C(=N)N)cc2)c2nn(-c3ncccn3)c(=O)[nH]2)cc(OC)n1. The van der Waals surface area contributed by atoms with Gasteiger partial charge in [0.15, 0.2) is 5.82 Å². The van der Waals surface area contributed by atoms with Gasteiger partial charge >= 0.3 is 5.69 Å². The van der Waals surface area contributed by atoms with Gasteiger partial charge in [-0.2, -0.15) is 4.98 Å². The molecular formula is C23H25N9O5. The lowest BCUT2D eigenvalue weighted by molar-refractivity contribution is -0.134. The average Bonchev–Trinajstić information content (AvgIpc) is 3.28. The van der Waals surface area contributed by atoms with Crippen LogP contribution in [-0.2, 0) is 4.79 Å². The van der Waals surface area contributed by atoms with Crippen molar-refractivity contribution < 1.29 is 19.4 Å². The van der Waals surface area contributed by atoms with E-state index in [0.717, 1.165) is 11.6 Å². The first kappa shape index (κ1) is 26.3. The fraction of sp³-hybridized carbons (Fsp3) is 0.174. The topological polar surface area (TPSA) is 207 Å². The molecule has 3 aromatic heterocycles. The smallest absolute Gasteiger partial charge is 0.350 e. The van der Waals surface area contributed by atoms with Crippen molar-refractivity contribution in [2.75, 3.05) is 19.5 Å². The number of carboxylic acid groups (broad SMARTS) is 1. The lowest BCUT2D eigenvalue weighted by atomic mass is 10.1. The largest absolute Gasteiger partial charge is 0.481 e. The number of nitrogen functional groups attached to an aromatic ring is 1. The summed E-state index contributed by atoms with van der Waals surface area (Å²) in [6.07, 6.45) is 3.04. The summed E-state index contributed by atoms with van der Waals surface area (Å²) >= 11 is 0. The molecule has 1 aromatic carbocycles. The molecule has 0 fully saturated rings.